The maximum atomic E-state index is 13.8. The van der Waals surface area contributed by atoms with Crippen molar-refractivity contribution in [3.05, 3.63) is 60.2 Å². The van der Waals surface area contributed by atoms with Gasteiger partial charge in [-0.3, -0.25) is 14.5 Å². The van der Waals surface area contributed by atoms with E-state index >= 15 is 0 Å². The van der Waals surface area contributed by atoms with Gasteiger partial charge < -0.3 is 19.7 Å². The van der Waals surface area contributed by atoms with Crippen molar-refractivity contribution in [3.63, 3.8) is 0 Å². The predicted molar refractivity (Wildman–Crippen MR) is 131 cm³/mol. The van der Waals surface area contributed by atoms with Gasteiger partial charge in [0.1, 0.15) is 18.1 Å². The molecule has 0 radical (unpaired) electrons. The smallest absolute Gasteiger partial charge is 0.247 e. The number of benzene rings is 2. The number of carbonyl (C=O) groups is 2. The number of morpholine rings is 1. The molecule has 2 amide bonds. The standard InChI is InChI=1S/C25H32N6O4/c1-34-16-11-26-25(33)24(20-7-3-2-4-8-20)30(13-12-29-14-17-35-18-15-29)23(32)19-31-22-10-6-5-9-21(22)27-28-31/h2-10,24H,11-19H2,1H3,(H,26,33)/t24-/m1/s1. The van der Waals surface area contributed by atoms with E-state index < -0.39 is 6.04 Å². The lowest BCUT2D eigenvalue weighted by molar-refractivity contribution is -0.142. The summed E-state index contributed by atoms with van der Waals surface area (Å²) in [5, 5.41) is 11.3. The fourth-order valence-corrected chi connectivity index (χ4v) is 4.21. The summed E-state index contributed by atoms with van der Waals surface area (Å²) in [6.45, 7) is 4.69. The quantitative estimate of drug-likeness (QED) is 0.410. The van der Waals surface area contributed by atoms with Gasteiger partial charge in [-0.2, -0.15) is 0 Å². The molecule has 1 fully saturated rings. The van der Waals surface area contributed by atoms with Crippen molar-refractivity contribution in [2.75, 3.05) is 59.7 Å². The molecule has 35 heavy (non-hydrogen) atoms. The Morgan fingerprint density at radius 3 is 2.63 bits per heavy atom. The Morgan fingerprint density at radius 1 is 1.11 bits per heavy atom. The summed E-state index contributed by atoms with van der Waals surface area (Å²) in [5.74, 6) is -0.448. The Hall–Kier alpha value is -3.34. The van der Waals surface area contributed by atoms with Crippen LogP contribution < -0.4 is 5.32 Å². The topological polar surface area (TPSA) is 102 Å². The molecule has 10 heteroatoms. The van der Waals surface area contributed by atoms with Crippen LogP contribution in [0.5, 0.6) is 0 Å². The predicted octanol–water partition coefficient (Wildman–Crippen LogP) is 1.10. The van der Waals surface area contributed by atoms with Crippen LogP contribution in [0.25, 0.3) is 11.0 Å². The van der Waals surface area contributed by atoms with Gasteiger partial charge in [-0.05, 0) is 17.7 Å². The lowest BCUT2D eigenvalue weighted by atomic mass is 10.0. The Kier molecular flexibility index (Phi) is 8.77. The van der Waals surface area contributed by atoms with Crippen molar-refractivity contribution in [1.82, 2.24) is 30.1 Å². The van der Waals surface area contributed by atoms with Crippen LogP contribution in [0.4, 0.5) is 0 Å². The van der Waals surface area contributed by atoms with E-state index in [-0.39, 0.29) is 18.4 Å². The van der Waals surface area contributed by atoms with Crippen LogP contribution in [-0.2, 0) is 25.6 Å². The third-order valence-electron chi connectivity index (χ3n) is 6.07. The SMILES string of the molecule is COCCNC(=O)[C@@H](c1ccccc1)N(CCN1CCOCC1)C(=O)Cn1nnc2ccccc21. The molecule has 186 valence electrons. The zero-order chi connectivity index (χ0) is 24.5. The molecule has 1 aromatic heterocycles. The average molecular weight is 481 g/mol. The van der Waals surface area contributed by atoms with Crippen molar-refractivity contribution < 1.29 is 19.1 Å². The van der Waals surface area contributed by atoms with Gasteiger partial charge >= 0.3 is 0 Å². The number of rotatable bonds is 11. The molecule has 0 bridgehead atoms. The molecule has 0 unspecified atom stereocenters. The average Bonchev–Trinajstić information content (AvgIpc) is 3.30. The number of methoxy groups -OCH3 is 1. The van der Waals surface area contributed by atoms with E-state index in [1.165, 1.54) is 0 Å². The fourth-order valence-electron chi connectivity index (χ4n) is 4.21. The number of hydrogen-bond acceptors (Lipinski definition) is 7. The molecule has 1 atom stereocenters. The maximum absolute atomic E-state index is 13.8. The van der Waals surface area contributed by atoms with Crippen molar-refractivity contribution >= 4 is 22.8 Å². The second kappa shape index (κ2) is 12.4. The van der Waals surface area contributed by atoms with E-state index in [1.807, 2.05) is 54.6 Å². The number of nitrogens with one attached hydrogen (secondary N) is 1. The lowest BCUT2D eigenvalue weighted by Gasteiger charge is -2.34. The van der Waals surface area contributed by atoms with Crippen molar-refractivity contribution in [2.45, 2.75) is 12.6 Å². The summed E-state index contributed by atoms with van der Waals surface area (Å²) in [6, 6.07) is 16.1. The second-order valence-corrected chi connectivity index (χ2v) is 8.37. The highest BCUT2D eigenvalue weighted by molar-refractivity contribution is 5.89. The van der Waals surface area contributed by atoms with Gasteiger partial charge in [0.05, 0.1) is 25.3 Å². The summed E-state index contributed by atoms with van der Waals surface area (Å²) in [4.78, 5) is 31.1. The largest absolute Gasteiger partial charge is 0.383 e. The minimum atomic E-state index is -0.781. The van der Waals surface area contributed by atoms with Crippen LogP contribution in [0, 0.1) is 0 Å². The Bertz CT molecular complexity index is 1100. The summed E-state index contributed by atoms with van der Waals surface area (Å²) >= 11 is 0. The first-order chi connectivity index (χ1) is 17.2. The van der Waals surface area contributed by atoms with E-state index in [0.717, 1.165) is 29.7 Å². The number of amides is 2. The molecule has 2 aromatic carbocycles. The molecule has 4 rings (SSSR count). The fraction of sp³-hybridized carbons (Fsp3) is 0.440. The van der Waals surface area contributed by atoms with Gasteiger partial charge in [0.15, 0.2) is 0 Å². The van der Waals surface area contributed by atoms with Gasteiger partial charge in [0.25, 0.3) is 0 Å². The first-order valence-electron chi connectivity index (χ1n) is 11.9. The maximum Gasteiger partial charge on any atom is 0.247 e. The minimum absolute atomic E-state index is 0.0156. The molecule has 1 aliphatic rings. The highest BCUT2D eigenvalue weighted by Crippen LogP contribution is 2.22. The molecule has 0 saturated carbocycles. The molecule has 3 aromatic rings. The number of hydrogen-bond donors (Lipinski definition) is 1. The van der Waals surface area contributed by atoms with Crippen LogP contribution in [0.15, 0.2) is 54.6 Å². The van der Waals surface area contributed by atoms with Crippen LogP contribution in [0.1, 0.15) is 11.6 Å². The molecule has 0 spiro atoms. The van der Waals surface area contributed by atoms with Gasteiger partial charge in [-0.25, -0.2) is 4.68 Å². The van der Waals surface area contributed by atoms with E-state index in [0.29, 0.717) is 39.5 Å². The van der Waals surface area contributed by atoms with Crippen LogP contribution in [-0.4, -0.2) is 96.3 Å². The highest BCUT2D eigenvalue weighted by Gasteiger charge is 2.32. The Morgan fingerprint density at radius 2 is 1.86 bits per heavy atom. The number of fused-ring (bicyclic) bond motifs is 1. The third kappa shape index (κ3) is 6.41. The van der Waals surface area contributed by atoms with Crippen molar-refractivity contribution in [3.8, 4) is 0 Å². The number of ether oxygens (including phenoxy) is 2. The third-order valence-corrected chi connectivity index (χ3v) is 6.07. The molecule has 1 N–H and O–H groups in total. The van der Waals surface area contributed by atoms with Crippen LogP contribution in [0.2, 0.25) is 0 Å². The molecular formula is C25H32N6O4. The van der Waals surface area contributed by atoms with Gasteiger partial charge in [-0.1, -0.05) is 47.7 Å². The zero-order valence-electron chi connectivity index (χ0n) is 20.0. The van der Waals surface area contributed by atoms with E-state index in [2.05, 4.69) is 20.5 Å². The second-order valence-electron chi connectivity index (χ2n) is 8.37. The highest BCUT2D eigenvalue weighted by atomic mass is 16.5. The molecule has 1 saturated heterocycles. The first kappa shape index (κ1) is 24.8. The Balaban J connectivity index is 1.61. The van der Waals surface area contributed by atoms with Crippen molar-refractivity contribution in [2.24, 2.45) is 0 Å². The van der Waals surface area contributed by atoms with Gasteiger partial charge in [0, 0.05) is 39.8 Å². The van der Waals surface area contributed by atoms with Crippen LogP contribution in [0.3, 0.4) is 0 Å². The molecule has 0 aliphatic carbocycles. The number of para-hydroxylation sites is 1. The monoisotopic (exact) mass is 480 g/mol. The molecular weight excluding hydrogens is 448 g/mol. The molecule has 1 aliphatic heterocycles. The van der Waals surface area contributed by atoms with E-state index in [4.69, 9.17) is 9.47 Å². The summed E-state index contributed by atoms with van der Waals surface area (Å²) < 4.78 is 12.1. The summed E-state index contributed by atoms with van der Waals surface area (Å²) in [7, 11) is 1.58. The minimum Gasteiger partial charge on any atom is -0.383 e. The molecule has 10 nitrogen and oxygen atoms in total. The molecule has 2 heterocycles. The number of carbonyl (C=O) groups excluding carboxylic acids is 2. The van der Waals surface area contributed by atoms with Crippen LogP contribution >= 0.6 is 0 Å². The van der Waals surface area contributed by atoms with Crippen molar-refractivity contribution in [1.29, 1.82) is 0 Å². The first-order valence-corrected chi connectivity index (χ1v) is 11.9. The summed E-state index contributed by atoms with van der Waals surface area (Å²) in [6.07, 6.45) is 0. The normalized spacial score (nSPS) is 15.1. The number of aromatic nitrogens is 3. The Labute approximate surface area is 204 Å². The number of nitrogens with zero attached hydrogens (tertiary/aromatic N) is 5. The van der Waals surface area contributed by atoms with Gasteiger partial charge in [0.2, 0.25) is 11.8 Å². The summed E-state index contributed by atoms with van der Waals surface area (Å²) in [5.41, 5.74) is 2.24. The zero-order valence-corrected chi connectivity index (χ0v) is 20.0. The van der Waals surface area contributed by atoms with Gasteiger partial charge in [-0.15, -0.1) is 5.10 Å². The van der Waals surface area contributed by atoms with E-state index in [1.54, 1.807) is 16.7 Å². The van der Waals surface area contributed by atoms with E-state index in [9.17, 15) is 9.59 Å². The lowest BCUT2D eigenvalue weighted by Crippen LogP contribution is -2.49.